The molecular weight excluding hydrogens is 208 g/mol. The molecule has 98 valence electrons. The molecule has 1 rings (SSSR count). The van der Waals surface area contributed by atoms with Crippen LogP contribution in [0.5, 0.6) is 0 Å². The van der Waals surface area contributed by atoms with Crippen LogP contribution >= 0.6 is 0 Å². The molecule has 0 aromatic heterocycles. The highest BCUT2D eigenvalue weighted by Gasteiger charge is 2.34. The first-order chi connectivity index (χ1) is 7.83. The SMILES string of the molecule is CC(C)CC(=O)C=CC1C(C)CCCC1(C)C. The maximum Gasteiger partial charge on any atom is 0.155 e. The van der Waals surface area contributed by atoms with Crippen LogP contribution in [0.4, 0.5) is 0 Å². The van der Waals surface area contributed by atoms with Gasteiger partial charge in [-0.1, -0.05) is 53.5 Å². The first-order valence-electron chi connectivity index (χ1n) is 7.04. The number of carbonyl (C=O) groups excluding carboxylic acids is 1. The lowest BCUT2D eigenvalue weighted by Crippen LogP contribution is -2.32. The molecule has 1 saturated carbocycles. The number of hydrogen-bond donors (Lipinski definition) is 0. The van der Waals surface area contributed by atoms with E-state index >= 15 is 0 Å². The molecule has 0 radical (unpaired) electrons. The molecule has 17 heavy (non-hydrogen) atoms. The van der Waals surface area contributed by atoms with Crippen molar-refractivity contribution in [2.24, 2.45) is 23.2 Å². The molecule has 0 aromatic rings. The molecule has 0 aliphatic heterocycles. The molecule has 0 bridgehead atoms. The van der Waals surface area contributed by atoms with Crippen LogP contribution in [-0.4, -0.2) is 5.78 Å². The Bertz CT molecular complexity index is 286. The summed E-state index contributed by atoms with van der Waals surface area (Å²) in [6.45, 7) is 11.2. The van der Waals surface area contributed by atoms with E-state index in [1.165, 1.54) is 19.3 Å². The van der Waals surface area contributed by atoms with Gasteiger partial charge >= 0.3 is 0 Å². The Morgan fingerprint density at radius 2 is 2.06 bits per heavy atom. The van der Waals surface area contributed by atoms with Crippen LogP contribution in [0, 0.1) is 23.2 Å². The van der Waals surface area contributed by atoms with Gasteiger partial charge in [-0.15, -0.1) is 0 Å². The van der Waals surface area contributed by atoms with Gasteiger partial charge in [0.25, 0.3) is 0 Å². The van der Waals surface area contributed by atoms with Crippen LogP contribution in [-0.2, 0) is 4.79 Å². The van der Waals surface area contributed by atoms with Crippen molar-refractivity contribution in [1.29, 1.82) is 0 Å². The molecule has 0 saturated heterocycles. The summed E-state index contributed by atoms with van der Waals surface area (Å²) < 4.78 is 0. The highest BCUT2D eigenvalue weighted by Crippen LogP contribution is 2.44. The van der Waals surface area contributed by atoms with Gasteiger partial charge in [0.1, 0.15) is 0 Å². The molecule has 0 spiro atoms. The number of hydrogen-bond acceptors (Lipinski definition) is 1. The monoisotopic (exact) mass is 236 g/mol. The van der Waals surface area contributed by atoms with Crippen LogP contribution in [0.15, 0.2) is 12.2 Å². The highest BCUT2D eigenvalue weighted by molar-refractivity contribution is 5.89. The summed E-state index contributed by atoms with van der Waals surface area (Å²) in [5, 5.41) is 0. The zero-order valence-corrected chi connectivity index (χ0v) is 12.1. The Balaban J connectivity index is 2.64. The van der Waals surface area contributed by atoms with Gasteiger partial charge in [0.05, 0.1) is 0 Å². The lowest BCUT2D eigenvalue weighted by atomic mass is 9.64. The fourth-order valence-corrected chi connectivity index (χ4v) is 3.13. The second-order valence-electron chi connectivity index (χ2n) is 6.81. The zero-order chi connectivity index (χ0) is 13.1. The number of carbonyl (C=O) groups is 1. The van der Waals surface area contributed by atoms with Crippen LogP contribution in [0.3, 0.4) is 0 Å². The van der Waals surface area contributed by atoms with Crippen LogP contribution in [0.2, 0.25) is 0 Å². The first kappa shape index (κ1) is 14.5. The van der Waals surface area contributed by atoms with Crippen molar-refractivity contribution in [1.82, 2.24) is 0 Å². The minimum atomic E-state index is 0.286. The molecule has 1 aliphatic rings. The van der Waals surface area contributed by atoms with Crippen LogP contribution in [0.1, 0.15) is 60.3 Å². The quantitative estimate of drug-likeness (QED) is 0.651. The van der Waals surface area contributed by atoms with Crippen LogP contribution in [0.25, 0.3) is 0 Å². The number of allylic oxidation sites excluding steroid dienone is 2. The summed E-state index contributed by atoms with van der Waals surface area (Å²) >= 11 is 0. The smallest absolute Gasteiger partial charge is 0.155 e. The second-order valence-corrected chi connectivity index (χ2v) is 6.81. The molecule has 0 amide bonds. The molecule has 0 heterocycles. The molecular formula is C16H28O. The predicted molar refractivity (Wildman–Crippen MR) is 73.9 cm³/mol. The topological polar surface area (TPSA) is 17.1 Å². The van der Waals surface area contributed by atoms with Crippen molar-refractivity contribution in [3.63, 3.8) is 0 Å². The van der Waals surface area contributed by atoms with E-state index < -0.39 is 0 Å². The summed E-state index contributed by atoms with van der Waals surface area (Å²) in [6, 6.07) is 0. The summed E-state index contributed by atoms with van der Waals surface area (Å²) in [6.07, 6.45) is 8.63. The van der Waals surface area contributed by atoms with Crippen LogP contribution < -0.4 is 0 Å². The minimum absolute atomic E-state index is 0.286. The van der Waals surface area contributed by atoms with E-state index in [4.69, 9.17) is 0 Å². The molecule has 1 fully saturated rings. The molecule has 1 heteroatoms. The molecule has 1 aliphatic carbocycles. The van der Waals surface area contributed by atoms with Gasteiger partial charge < -0.3 is 0 Å². The van der Waals surface area contributed by atoms with E-state index in [9.17, 15) is 4.79 Å². The van der Waals surface area contributed by atoms with Gasteiger partial charge in [-0.05, 0) is 35.7 Å². The minimum Gasteiger partial charge on any atom is -0.295 e. The Kier molecular flexibility index (Phi) is 4.97. The summed E-state index contributed by atoms with van der Waals surface area (Å²) in [5.41, 5.74) is 0.353. The number of ketones is 1. The normalized spacial score (nSPS) is 28.8. The fourth-order valence-electron chi connectivity index (χ4n) is 3.13. The molecule has 0 aromatic carbocycles. The van der Waals surface area contributed by atoms with Crippen molar-refractivity contribution >= 4 is 5.78 Å². The standard InChI is InChI=1S/C16H28O/c1-12(2)11-14(17)8-9-15-13(3)7-6-10-16(15,4)5/h8-9,12-13,15H,6-7,10-11H2,1-5H3. The van der Waals surface area contributed by atoms with E-state index in [1.54, 1.807) is 0 Å². The Morgan fingerprint density at radius 3 is 2.59 bits per heavy atom. The zero-order valence-electron chi connectivity index (χ0n) is 12.1. The summed E-state index contributed by atoms with van der Waals surface area (Å²) in [4.78, 5) is 11.7. The Hall–Kier alpha value is -0.590. The predicted octanol–water partition coefficient (Wildman–Crippen LogP) is 4.62. The second kappa shape index (κ2) is 5.84. The fraction of sp³-hybridized carbons (Fsp3) is 0.812. The maximum atomic E-state index is 11.7. The molecule has 2 unspecified atom stereocenters. The largest absolute Gasteiger partial charge is 0.295 e. The third kappa shape index (κ3) is 4.29. The molecule has 1 nitrogen and oxygen atoms in total. The Labute approximate surface area is 107 Å². The van der Waals surface area contributed by atoms with Crippen molar-refractivity contribution in [3.8, 4) is 0 Å². The lowest BCUT2D eigenvalue weighted by molar-refractivity contribution is -0.115. The summed E-state index contributed by atoms with van der Waals surface area (Å²) in [7, 11) is 0. The maximum absolute atomic E-state index is 11.7. The van der Waals surface area contributed by atoms with E-state index in [0.717, 1.165) is 0 Å². The van der Waals surface area contributed by atoms with Crippen molar-refractivity contribution in [2.75, 3.05) is 0 Å². The molecule has 2 atom stereocenters. The van der Waals surface area contributed by atoms with E-state index in [1.807, 2.05) is 6.08 Å². The van der Waals surface area contributed by atoms with Crippen molar-refractivity contribution in [3.05, 3.63) is 12.2 Å². The average Bonchev–Trinajstić information content (AvgIpc) is 2.14. The first-order valence-corrected chi connectivity index (χ1v) is 7.04. The Morgan fingerprint density at radius 1 is 1.41 bits per heavy atom. The highest BCUT2D eigenvalue weighted by atomic mass is 16.1. The third-order valence-corrected chi connectivity index (χ3v) is 4.09. The van der Waals surface area contributed by atoms with E-state index in [-0.39, 0.29) is 5.78 Å². The lowest BCUT2D eigenvalue weighted by Gasteiger charge is -2.41. The van der Waals surface area contributed by atoms with Gasteiger partial charge in [-0.25, -0.2) is 0 Å². The van der Waals surface area contributed by atoms with Gasteiger partial charge in [-0.2, -0.15) is 0 Å². The van der Waals surface area contributed by atoms with Gasteiger partial charge in [0.2, 0.25) is 0 Å². The van der Waals surface area contributed by atoms with Crippen molar-refractivity contribution < 1.29 is 4.79 Å². The van der Waals surface area contributed by atoms with E-state index in [2.05, 4.69) is 40.7 Å². The third-order valence-electron chi connectivity index (χ3n) is 4.09. The average molecular weight is 236 g/mol. The number of rotatable bonds is 4. The van der Waals surface area contributed by atoms with Gasteiger partial charge in [0.15, 0.2) is 5.78 Å². The molecule has 0 N–H and O–H groups in total. The van der Waals surface area contributed by atoms with Gasteiger partial charge in [-0.3, -0.25) is 4.79 Å². The van der Waals surface area contributed by atoms with Gasteiger partial charge in [0, 0.05) is 6.42 Å². The summed E-state index contributed by atoms with van der Waals surface area (Å²) in [5.74, 6) is 2.02. The van der Waals surface area contributed by atoms with Crippen molar-refractivity contribution in [2.45, 2.75) is 60.3 Å². The van der Waals surface area contributed by atoms with E-state index in [0.29, 0.717) is 29.6 Å².